The zero-order valence-corrected chi connectivity index (χ0v) is 14.9. The van der Waals surface area contributed by atoms with E-state index in [9.17, 15) is 0 Å². The van der Waals surface area contributed by atoms with Crippen molar-refractivity contribution in [2.75, 3.05) is 30.3 Å². The molecule has 0 amide bonds. The molecule has 1 saturated heterocycles. The van der Waals surface area contributed by atoms with Gasteiger partial charge in [0.1, 0.15) is 0 Å². The van der Waals surface area contributed by atoms with Gasteiger partial charge in [0.25, 0.3) is 0 Å². The van der Waals surface area contributed by atoms with Gasteiger partial charge < -0.3 is 10.2 Å². The lowest BCUT2D eigenvalue weighted by Crippen LogP contribution is -2.37. The maximum atomic E-state index is 5.05. The van der Waals surface area contributed by atoms with Gasteiger partial charge in [0.05, 0.1) is 11.7 Å². The highest BCUT2D eigenvalue weighted by Gasteiger charge is 2.27. The van der Waals surface area contributed by atoms with Gasteiger partial charge in [-0.25, -0.2) is 4.98 Å². The Labute approximate surface area is 136 Å². The molecule has 1 fully saturated rings. The third kappa shape index (κ3) is 3.57. The van der Waals surface area contributed by atoms with Gasteiger partial charge in [0.2, 0.25) is 0 Å². The molecule has 1 aromatic heterocycles. The third-order valence-electron chi connectivity index (χ3n) is 4.45. The topological polar surface area (TPSA) is 28.2 Å². The van der Waals surface area contributed by atoms with Crippen LogP contribution in [0.3, 0.4) is 0 Å². The van der Waals surface area contributed by atoms with Gasteiger partial charge in [0, 0.05) is 29.0 Å². The highest BCUT2D eigenvalue weighted by molar-refractivity contribution is 8.00. The van der Waals surface area contributed by atoms with E-state index in [1.54, 1.807) is 0 Å². The van der Waals surface area contributed by atoms with Gasteiger partial charge in [-0.2, -0.15) is 11.8 Å². The Morgan fingerprint density at radius 3 is 3.10 bits per heavy atom. The number of nitrogens with one attached hydrogen (secondary N) is 1. The largest absolute Gasteiger partial charge is 0.346 e. The second-order valence-corrected chi connectivity index (χ2v) is 8.52. The number of anilines is 1. The summed E-state index contributed by atoms with van der Waals surface area (Å²) in [6.45, 7) is 7.99. The number of thiazole rings is 1. The first kappa shape index (κ1) is 15.6. The maximum Gasteiger partial charge on any atom is 0.185 e. The van der Waals surface area contributed by atoms with Crippen LogP contribution in [0.15, 0.2) is 0 Å². The predicted octanol–water partition coefficient (Wildman–Crippen LogP) is 3.85. The number of fused-ring (bicyclic) bond motifs is 1. The molecule has 118 valence electrons. The average molecular weight is 326 g/mol. The molecule has 1 aliphatic carbocycles. The summed E-state index contributed by atoms with van der Waals surface area (Å²) >= 11 is 4.09. The lowest BCUT2D eigenvalue weighted by Gasteiger charge is -2.31. The fourth-order valence-corrected chi connectivity index (χ4v) is 5.58. The Balaban J connectivity index is 1.74. The first-order chi connectivity index (χ1) is 10.3. The Kier molecular flexibility index (Phi) is 5.46. The summed E-state index contributed by atoms with van der Waals surface area (Å²) in [5.41, 5.74) is 1.36. The Morgan fingerprint density at radius 2 is 2.29 bits per heavy atom. The molecule has 1 aromatic rings. The van der Waals surface area contributed by atoms with Crippen LogP contribution in [0.1, 0.15) is 56.1 Å². The van der Waals surface area contributed by atoms with Gasteiger partial charge in [-0.3, -0.25) is 0 Å². The monoisotopic (exact) mass is 325 g/mol. The van der Waals surface area contributed by atoms with Crippen molar-refractivity contribution in [1.29, 1.82) is 0 Å². The van der Waals surface area contributed by atoms with E-state index in [0.717, 1.165) is 11.8 Å². The van der Waals surface area contributed by atoms with E-state index in [0.29, 0.717) is 6.04 Å². The minimum absolute atomic E-state index is 0.500. The van der Waals surface area contributed by atoms with Crippen LogP contribution in [0.4, 0.5) is 5.13 Å². The van der Waals surface area contributed by atoms with Crippen molar-refractivity contribution in [3.05, 3.63) is 10.6 Å². The third-order valence-corrected chi connectivity index (χ3v) is 7.01. The van der Waals surface area contributed by atoms with Crippen LogP contribution in [0.2, 0.25) is 0 Å². The molecule has 3 rings (SSSR count). The predicted molar refractivity (Wildman–Crippen MR) is 94.8 cm³/mol. The normalized spacial score (nSPS) is 25.9. The molecule has 1 N–H and O–H groups in total. The number of aromatic nitrogens is 1. The molecular weight excluding hydrogens is 298 g/mol. The quantitative estimate of drug-likeness (QED) is 0.890. The van der Waals surface area contributed by atoms with Crippen molar-refractivity contribution in [3.63, 3.8) is 0 Å². The first-order valence-electron chi connectivity index (χ1n) is 8.41. The molecule has 0 radical (unpaired) electrons. The van der Waals surface area contributed by atoms with E-state index in [2.05, 4.69) is 35.8 Å². The lowest BCUT2D eigenvalue weighted by molar-refractivity contribution is 0.454. The zero-order valence-electron chi connectivity index (χ0n) is 13.2. The second-order valence-electron chi connectivity index (χ2n) is 6.05. The summed E-state index contributed by atoms with van der Waals surface area (Å²) in [6.07, 6.45) is 6.27. The molecule has 2 aliphatic rings. The maximum absolute atomic E-state index is 5.05. The highest BCUT2D eigenvalue weighted by Crippen LogP contribution is 2.38. The molecule has 2 heterocycles. The van der Waals surface area contributed by atoms with Crippen LogP contribution in [-0.2, 0) is 6.42 Å². The fourth-order valence-electron chi connectivity index (χ4n) is 3.20. The zero-order chi connectivity index (χ0) is 14.7. The summed E-state index contributed by atoms with van der Waals surface area (Å²) < 4.78 is 0. The summed E-state index contributed by atoms with van der Waals surface area (Å²) in [6, 6.07) is 0.500. The summed E-state index contributed by atoms with van der Waals surface area (Å²) in [4.78, 5) is 9.12. The van der Waals surface area contributed by atoms with Crippen LogP contribution < -0.4 is 10.2 Å². The molecule has 1 aliphatic heterocycles. The summed E-state index contributed by atoms with van der Waals surface area (Å²) in [7, 11) is 0. The molecule has 0 bridgehead atoms. The van der Waals surface area contributed by atoms with Crippen molar-refractivity contribution < 1.29 is 0 Å². The Hall–Kier alpha value is -0.260. The van der Waals surface area contributed by atoms with Gasteiger partial charge in [-0.05, 0) is 38.6 Å². The standard InChI is InChI=1S/C16H27N3S2/c1-3-8-17-13-6-5-7-14-15(13)18-16(21-14)19-9-10-20-12(4-2)11-19/h12-13,17H,3-11H2,1-2H3. The van der Waals surface area contributed by atoms with Crippen molar-refractivity contribution in [3.8, 4) is 0 Å². The molecule has 2 unspecified atom stereocenters. The number of hydrogen-bond donors (Lipinski definition) is 1. The van der Waals surface area contributed by atoms with E-state index < -0.39 is 0 Å². The van der Waals surface area contributed by atoms with Crippen LogP contribution in [-0.4, -0.2) is 35.6 Å². The van der Waals surface area contributed by atoms with Gasteiger partial charge in [-0.15, -0.1) is 11.3 Å². The number of aryl methyl sites for hydroxylation is 1. The van der Waals surface area contributed by atoms with Gasteiger partial charge in [-0.1, -0.05) is 13.8 Å². The molecule has 21 heavy (non-hydrogen) atoms. The molecule has 0 saturated carbocycles. The van der Waals surface area contributed by atoms with E-state index in [1.807, 2.05) is 11.3 Å². The van der Waals surface area contributed by atoms with Gasteiger partial charge in [0.15, 0.2) is 5.13 Å². The van der Waals surface area contributed by atoms with Crippen LogP contribution in [0.25, 0.3) is 0 Å². The van der Waals surface area contributed by atoms with Crippen molar-refractivity contribution in [2.45, 2.75) is 57.2 Å². The van der Waals surface area contributed by atoms with E-state index >= 15 is 0 Å². The second kappa shape index (κ2) is 7.34. The van der Waals surface area contributed by atoms with Crippen molar-refractivity contribution in [2.24, 2.45) is 0 Å². The van der Waals surface area contributed by atoms with Crippen LogP contribution in [0, 0.1) is 0 Å². The number of thioether (sulfide) groups is 1. The van der Waals surface area contributed by atoms with Crippen molar-refractivity contribution in [1.82, 2.24) is 10.3 Å². The van der Waals surface area contributed by atoms with E-state index in [-0.39, 0.29) is 0 Å². The average Bonchev–Trinajstić information content (AvgIpc) is 2.97. The summed E-state index contributed by atoms with van der Waals surface area (Å²) in [5.74, 6) is 1.25. The Bertz CT molecular complexity index is 460. The first-order valence-corrected chi connectivity index (χ1v) is 10.3. The van der Waals surface area contributed by atoms with Gasteiger partial charge >= 0.3 is 0 Å². The van der Waals surface area contributed by atoms with Crippen LogP contribution >= 0.6 is 23.1 Å². The SMILES string of the molecule is CCCNC1CCCc2sc(N3CCSC(CC)C3)nc21. The smallest absolute Gasteiger partial charge is 0.185 e. The number of rotatable bonds is 5. The molecular formula is C16H27N3S2. The number of hydrogen-bond acceptors (Lipinski definition) is 5. The molecule has 5 heteroatoms. The molecule has 3 nitrogen and oxygen atoms in total. The fraction of sp³-hybridized carbons (Fsp3) is 0.812. The minimum atomic E-state index is 0.500. The highest BCUT2D eigenvalue weighted by atomic mass is 32.2. The van der Waals surface area contributed by atoms with E-state index in [4.69, 9.17) is 4.98 Å². The van der Waals surface area contributed by atoms with Crippen LogP contribution in [0.5, 0.6) is 0 Å². The summed E-state index contributed by atoms with van der Waals surface area (Å²) in [5, 5.41) is 5.75. The Morgan fingerprint density at radius 1 is 1.38 bits per heavy atom. The lowest BCUT2D eigenvalue weighted by atomic mass is 9.97. The van der Waals surface area contributed by atoms with Crippen molar-refractivity contribution >= 4 is 28.2 Å². The molecule has 2 atom stereocenters. The molecule has 0 aromatic carbocycles. The number of nitrogens with zero attached hydrogens (tertiary/aromatic N) is 2. The van der Waals surface area contributed by atoms with E-state index in [1.165, 1.54) is 66.6 Å². The minimum Gasteiger partial charge on any atom is -0.346 e. The molecule has 0 spiro atoms.